The molecule has 1 aromatic rings. The molecule has 1 aliphatic heterocycles. The van der Waals surface area contributed by atoms with Crippen LogP contribution in [0, 0.1) is 20.7 Å². The van der Waals surface area contributed by atoms with Gasteiger partial charge in [-0.1, -0.05) is 0 Å². The van der Waals surface area contributed by atoms with Crippen molar-refractivity contribution in [3.05, 3.63) is 55.1 Å². The van der Waals surface area contributed by atoms with Crippen molar-refractivity contribution in [3.8, 4) is 0 Å². The van der Waals surface area contributed by atoms with Gasteiger partial charge >= 0.3 is 221 Å². The monoisotopic (exact) mass is 627 g/mol. The van der Waals surface area contributed by atoms with Crippen molar-refractivity contribution in [3.63, 3.8) is 0 Å². The molecule has 4 nitrogen and oxygen atoms in total. The topological polar surface area (TPSA) is 75.3 Å². The average Bonchev–Trinajstić information content (AvgIpc) is 3.08. The number of benzene rings is 1. The third kappa shape index (κ3) is 5.33. The van der Waals surface area contributed by atoms with Crippen LogP contribution in [0.4, 0.5) is 8.78 Å². The van der Waals surface area contributed by atoms with Crippen molar-refractivity contribution in [2.45, 2.75) is 74.9 Å². The Kier molecular flexibility index (Phi) is 9.10. The summed E-state index contributed by atoms with van der Waals surface area (Å²) in [4.78, 5) is 12.4. The number of alkyl halides is 1. The minimum absolute atomic E-state index is 0.0166. The molecule has 4 N–H and O–H groups in total. The molecule has 0 saturated carbocycles. The van der Waals surface area contributed by atoms with E-state index in [0.29, 0.717) is 28.4 Å². The number of carboxylic acids is 1. The fourth-order valence-electron chi connectivity index (χ4n) is 5.27. The van der Waals surface area contributed by atoms with Crippen LogP contribution in [0.1, 0.15) is 59.3 Å². The normalized spacial score (nSPS) is 27.9. The molecule has 9 heteroatoms. The molecule has 0 amide bonds. The fraction of sp³-hybridized carbons (Fsp3) is 0.560. The first-order valence-corrected chi connectivity index (χ1v) is 14.6. The van der Waals surface area contributed by atoms with E-state index in [1.54, 1.807) is 18.2 Å². The molecule has 2 aliphatic rings. The van der Waals surface area contributed by atoms with E-state index in [4.69, 9.17) is 28.9 Å². The first-order chi connectivity index (χ1) is 16.0. The Morgan fingerprint density at radius 3 is 2.47 bits per heavy atom. The van der Waals surface area contributed by atoms with Gasteiger partial charge in [0, 0.05) is 0 Å². The van der Waals surface area contributed by atoms with E-state index in [1.165, 1.54) is 6.07 Å². The molecule has 1 aromatic carbocycles. The summed E-state index contributed by atoms with van der Waals surface area (Å²) in [6, 6.07) is 2.96. The molecule has 4 atom stereocenters. The van der Waals surface area contributed by atoms with Gasteiger partial charge < -0.3 is 0 Å². The van der Waals surface area contributed by atoms with Crippen molar-refractivity contribution in [2.75, 3.05) is 0 Å². The van der Waals surface area contributed by atoms with E-state index in [0.717, 1.165) is 19.3 Å². The van der Waals surface area contributed by atoms with Crippen molar-refractivity contribution in [1.82, 2.24) is 5.32 Å². The molecule has 0 radical (unpaired) electrons. The Bertz CT molecular complexity index is 991. The van der Waals surface area contributed by atoms with Gasteiger partial charge in [-0.2, -0.15) is 0 Å². The van der Waals surface area contributed by atoms with Crippen LogP contribution in [-0.4, -0.2) is 26.7 Å². The van der Waals surface area contributed by atoms with E-state index < -0.39 is 60.4 Å². The molecule has 0 spiro atoms. The van der Waals surface area contributed by atoms with Crippen molar-refractivity contribution in [2.24, 2.45) is 17.1 Å². The van der Waals surface area contributed by atoms with Gasteiger partial charge in [0.25, 0.3) is 0 Å². The molecular weight excluding hydrogens is 596 g/mol. The van der Waals surface area contributed by atoms with Crippen molar-refractivity contribution in [1.29, 1.82) is 0 Å². The van der Waals surface area contributed by atoms with Crippen molar-refractivity contribution >= 4 is 29.2 Å². The second-order valence-corrected chi connectivity index (χ2v) is 13.6. The molecule has 34 heavy (non-hydrogen) atoms. The zero-order chi connectivity index (χ0) is 25.3. The molecule has 190 valence electrons. The number of nitrogens with two attached hydrogens (primary N) is 1. The summed E-state index contributed by atoms with van der Waals surface area (Å²) in [7, 11) is 0. The third-order valence-electron chi connectivity index (χ3n) is 7.63. The standard InChI is InChI=1S/C25H32Cl2F2IN2O2/c1-4-24(5-2,6-3)13-19-25(31,30-18-11-10-14(26)12-17(18)28)20(22(32-19)23(33)34)15-8-7-9-16(27)21(15)29/h9-12,19-20,22,32H,4-8,13,31H2,1-3H3,(H,33,34)/q-1/t19-,20-,22+,25?/m0/s1. The van der Waals surface area contributed by atoms with Crippen LogP contribution in [0.3, 0.4) is 0 Å². The SMILES string of the molecule is CCC(CC)(CC)C[C@@H]1N[C@@H](C(=O)O)[C@H](C2=C(F)C(Cl)=CCC2)C1(N)[I-]c1ccc(Cl)cc1F. The molecule has 1 unspecified atom stereocenters. The summed E-state index contributed by atoms with van der Waals surface area (Å²) < 4.78 is 29.5. The Labute approximate surface area is 220 Å². The summed E-state index contributed by atoms with van der Waals surface area (Å²) in [5, 5.41) is 13.7. The van der Waals surface area contributed by atoms with Crippen LogP contribution in [0.2, 0.25) is 5.02 Å². The van der Waals surface area contributed by atoms with E-state index in [2.05, 4.69) is 26.1 Å². The molecule has 0 aromatic heterocycles. The van der Waals surface area contributed by atoms with E-state index in [1.807, 2.05) is 0 Å². The van der Waals surface area contributed by atoms with Gasteiger partial charge in [-0.15, -0.1) is 0 Å². The number of hydrogen-bond acceptors (Lipinski definition) is 3. The van der Waals surface area contributed by atoms with Gasteiger partial charge in [0.15, 0.2) is 0 Å². The number of nitrogens with one attached hydrogen (secondary N) is 1. The van der Waals surface area contributed by atoms with Crippen LogP contribution in [0.15, 0.2) is 40.7 Å². The summed E-state index contributed by atoms with van der Waals surface area (Å²) >= 11 is 10.8. The van der Waals surface area contributed by atoms with Gasteiger partial charge in [0.2, 0.25) is 0 Å². The summed E-state index contributed by atoms with van der Waals surface area (Å²) in [6.45, 7) is 6.36. The van der Waals surface area contributed by atoms with Gasteiger partial charge in [-0.05, 0) is 0 Å². The first-order valence-electron chi connectivity index (χ1n) is 11.6. The Balaban J connectivity index is 2.18. The maximum atomic E-state index is 15.3. The number of halogens is 5. The number of hydrogen-bond donors (Lipinski definition) is 3. The number of aliphatic carboxylic acids is 1. The second-order valence-electron chi connectivity index (χ2n) is 9.19. The fourth-order valence-corrected chi connectivity index (χ4v) is 9.29. The molecule has 3 rings (SSSR count). The van der Waals surface area contributed by atoms with Gasteiger partial charge in [0.1, 0.15) is 0 Å². The Hall–Kier alpha value is -0.740. The van der Waals surface area contributed by atoms with Crippen LogP contribution < -0.4 is 32.3 Å². The Morgan fingerprint density at radius 1 is 1.26 bits per heavy atom. The average molecular weight is 628 g/mol. The van der Waals surface area contributed by atoms with Crippen LogP contribution in [0.5, 0.6) is 0 Å². The third-order valence-corrected chi connectivity index (χ3v) is 12.0. The Morgan fingerprint density at radius 2 is 1.91 bits per heavy atom. The molecule has 1 saturated heterocycles. The van der Waals surface area contributed by atoms with Crippen LogP contribution in [0.25, 0.3) is 0 Å². The zero-order valence-corrected chi connectivity index (χ0v) is 23.3. The van der Waals surface area contributed by atoms with Crippen LogP contribution in [-0.2, 0) is 4.79 Å². The predicted octanol–water partition coefficient (Wildman–Crippen LogP) is 3.18. The van der Waals surface area contributed by atoms with E-state index >= 15 is 4.39 Å². The van der Waals surface area contributed by atoms with Crippen molar-refractivity contribution < 1.29 is 39.9 Å². The van der Waals surface area contributed by atoms with E-state index in [-0.39, 0.29) is 15.5 Å². The molecule has 1 fully saturated rings. The quantitative estimate of drug-likeness (QED) is 0.170. The molecule has 1 heterocycles. The molecule has 0 bridgehead atoms. The zero-order valence-electron chi connectivity index (χ0n) is 19.6. The minimum atomic E-state index is -1.30. The van der Waals surface area contributed by atoms with Gasteiger partial charge in [-0.3, -0.25) is 0 Å². The summed E-state index contributed by atoms with van der Waals surface area (Å²) in [5.74, 6) is -3.01. The van der Waals surface area contributed by atoms with Gasteiger partial charge in [-0.25, -0.2) is 0 Å². The molecule has 1 aliphatic carbocycles. The van der Waals surface area contributed by atoms with Crippen LogP contribution >= 0.6 is 23.2 Å². The number of allylic oxidation sites excluding steroid dienone is 3. The van der Waals surface area contributed by atoms with Gasteiger partial charge in [0.05, 0.1) is 0 Å². The summed E-state index contributed by atoms with van der Waals surface area (Å²) in [5.41, 5.74) is 7.45. The molecular formula is C25H32Cl2F2IN2O2-. The maximum absolute atomic E-state index is 15.3. The number of carbonyl (C=O) groups is 1. The first kappa shape index (κ1) is 27.8. The summed E-state index contributed by atoms with van der Waals surface area (Å²) in [6.07, 6.45) is 5.75. The number of rotatable bonds is 9. The number of carboxylic acid groups (broad SMARTS) is 1. The predicted molar refractivity (Wildman–Crippen MR) is 128 cm³/mol. The van der Waals surface area contributed by atoms with E-state index in [9.17, 15) is 14.3 Å². The second kappa shape index (κ2) is 11.1.